The molecule has 4 heteroatoms. The predicted molar refractivity (Wildman–Crippen MR) is 43.0 cm³/mol. The molecule has 0 heterocycles. The predicted octanol–water partition coefficient (Wildman–Crippen LogP) is 0.600. The van der Waals surface area contributed by atoms with E-state index >= 15 is 0 Å². The minimum absolute atomic E-state index is 0.0575. The molecule has 0 fully saturated rings. The van der Waals surface area contributed by atoms with Crippen LogP contribution in [0.2, 0.25) is 0 Å². The maximum atomic E-state index is 11.0. The van der Waals surface area contributed by atoms with Crippen molar-refractivity contribution in [1.29, 1.82) is 5.26 Å². The number of carbonyl (C=O) groups is 1. The van der Waals surface area contributed by atoms with Crippen molar-refractivity contribution >= 4 is 6.09 Å². The minimum atomic E-state index is -0.581. The normalized spacial score (nSPS) is 10.7. The molecule has 64 valence electrons. The van der Waals surface area contributed by atoms with E-state index in [1.807, 2.05) is 6.07 Å². The number of hydrogen-bond donors (Lipinski definition) is 0. The smallest absolute Gasteiger partial charge is 0.411 e. The lowest BCUT2D eigenvalue weighted by molar-refractivity contribution is 0.123. The summed E-state index contributed by atoms with van der Waals surface area (Å²) in [6, 6.07) is 1.41. The van der Waals surface area contributed by atoms with Gasteiger partial charge in [-0.3, -0.25) is 4.90 Å². The van der Waals surface area contributed by atoms with Crippen LogP contribution in [0, 0.1) is 23.7 Å². The van der Waals surface area contributed by atoms with Gasteiger partial charge in [-0.15, -0.1) is 6.42 Å². The van der Waals surface area contributed by atoms with Crippen LogP contribution in [0.5, 0.6) is 0 Å². The third kappa shape index (κ3) is 2.51. The summed E-state index contributed by atoms with van der Waals surface area (Å²) in [6.45, 7) is 1.59. The topological polar surface area (TPSA) is 53.3 Å². The van der Waals surface area contributed by atoms with Gasteiger partial charge in [-0.2, -0.15) is 5.26 Å². The molecule has 0 aromatic heterocycles. The largest absolute Gasteiger partial charge is 0.453 e. The molecule has 1 atom stereocenters. The molecular weight excluding hydrogens is 156 g/mol. The standard InChI is InChI=1S/C8H10N2O2/c1-4-7(2)10(6-5-9)8(11)12-3/h1,7H,6H2,2-3H3. The molecule has 12 heavy (non-hydrogen) atoms. The maximum Gasteiger partial charge on any atom is 0.411 e. The Hall–Kier alpha value is -1.68. The van der Waals surface area contributed by atoms with Crippen molar-refractivity contribution in [3.63, 3.8) is 0 Å². The second kappa shape index (κ2) is 5.03. The van der Waals surface area contributed by atoms with Gasteiger partial charge >= 0.3 is 6.09 Å². The number of ether oxygens (including phenoxy) is 1. The van der Waals surface area contributed by atoms with Crippen molar-refractivity contribution in [2.75, 3.05) is 13.7 Å². The SMILES string of the molecule is C#CC(C)N(CC#N)C(=O)OC. The molecule has 0 spiro atoms. The fraction of sp³-hybridized carbons (Fsp3) is 0.500. The van der Waals surface area contributed by atoms with Crippen molar-refractivity contribution < 1.29 is 9.53 Å². The summed E-state index contributed by atoms with van der Waals surface area (Å²) in [5, 5.41) is 8.36. The third-order valence-corrected chi connectivity index (χ3v) is 1.36. The maximum absolute atomic E-state index is 11.0. The van der Waals surface area contributed by atoms with Crippen molar-refractivity contribution in [3.05, 3.63) is 0 Å². The summed E-state index contributed by atoms with van der Waals surface area (Å²) < 4.78 is 4.43. The molecule has 0 N–H and O–H groups in total. The number of rotatable bonds is 2. The van der Waals surface area contributed by atoms with Crippen LogP contribution in [-0.2, 0) is 4.74 Å². The second-order valence-corrected chi connectivity index (χ2v) is 2.10. The van der Waals surface area contributed by atoms with E-state index < -0.39 is 12.1 Å². The highest BCUT2D eigenvalue weighted by atomic mass is 16.5. The molecule has 0 saturated carbocycles. The highest BCUT2D eigenvalue weighted by Crippen LogP contribution is 1.99. The van der Waals surface area contributed by atoms with Crippen LogP contribution >= 0.6 is 0 Å². The van der Waals surface area contributed by atoms with E-state index in [2.05, 4.69) is 10.7 Å². The van der Waals surface area contributed by atoms with Crippen molar-refractivity contribution in [3.8, 4) is 18.4 Å². The molecule has 0 aromatic rings. The molecule has 0 rings (SSSR count). The summed E-state index contributed by atoms with van der Waals surface area (Å²) >= 11 is 0. The number of terminal acetylenes is 1. The van der Waals surface area contributed by atoms with Gasteiger partial charge in [0, 0.05) is 0 Å². The number of amides is 1. The van der Waals surface area contributed by atoms with Crippen molar-refractivity contribution in [2.45, 2.75) is 13.0 Å². The van der Waals surface area contributed by atoms with Gasteiger partial charge in [0.15, 0.2) is 0 Å². The number of methoxy groups -OCH3 is 1. The first-order valence-corrected chi connectivity index (χ1v) is 3.35. The zero-order chi connectivity index (χ0) is 9.56. The van der Waals surface area contributed by atoms with Gasteiger partial charge in [0.25, 0.3) is 0 Å². The second-order valence-electron chi connectivity index (χ2n) is 2.10. The number of hydrogen-bond acceptors (Lipinski definition) is 3. The van der Waals surface area contributed by atoms with E-state index in [-0.39, 0.29) is 6.54 Å². The van der Waals surface area contributed by atoms with Crippen molar-refractivity contribution in [2.24, 2.45) is 0 Å². The fourth-order valence-corrected chi connectivity index (χ4v) is 0.643. The van der Waals surface area contributed by atoms with Crippen LogP contribution in [0.1, 0.15) is 6.92 Å². The zero-order valence-electron chi connectivity index (χ0n) is 7.07. The molecule has 0 aliphatic heterocycles. The molecular formula is C8H10N2O2. The summed E-state index contributed by atoms with van der Waals surface area (Å²) in [6.07, 6.45) is 4.51. The Balaban J connectivity index is 4.36. The summed E-state index contributed by atoms with van der Waals surface area (Å²) in [5.74, 6) is 2.34. The Morgan fingerprint density at radius 3 is 2.75 bits per heavy atom. The lowest BCUT2D eigenvalue weighted by atomic mass is 10.3. The average Bonchev–Trinajstić information content (AvgIpc) is 2.11. The van der Waals surface area contributed by atoms with Crippen LogP contribution in [0.3, 0.4) is 0 Å². The first kappa shape index (κ1) is 10.3. The molecule has 0 aliphatic rings. The van der Waals surface area contributed by atoms with E-state index in [0.717, 1.165) is 0 Å². The average molecular weight is 166 g/mol. The number of nitriles is 1. The fourth-order valence-electron chi connectivity index (χ4n) is 0.643. The Morgan fingerprint density at radius 1 is 1.83 bits per heavy atom. The van der Waals surface area contributed by atoms with Crippen LogP contribution in [0.4, 0.5) is 4.79 Å². The highest BCUT2D eigenvalue weighted by Gasteiger charge is 2.17. The van der Waals surface area contributed by atoms with Gasteiger partial charge in [0.2, 0.25) is 0 Å². The molecule has 0 radical (unpaired) electrons. The van der Waals surface area contributed by atoms with Gasteiger partial charge in [0.05, 0.1) is 19.2 Å². The van der Waals surface area contributed by atoms with E-state index in [9.17, 15) is 4.79 Å². The lowest BCUT2D eigenvalue weighted by Gasteiger charge is -2.20. The lowest BCUT2D eigenvalue weighted by Crippen LogP contribution is -2.37. The zero-order valence-corrected chi connectivity index (χ0v) is 7.07. The van der Waals surface area contributed by atoms with E-state index in [0.29, 0.717) is 0 Å². The molecule has 0 saturated heterocycles. The summed E-state index contributed by atoms with van der Waals surface area (Å²) in [7, 11) is 1.25. The molecule has 0 aromatic carbocycles. The molecule has 0 aliphatic carbocycles. The van der Waals surface area contributed by atoms with Gasteiger partial charge < -0.3 is 4.74 Å². The van der Waals surface area contributed by atoms with E-state index in [4.69, 9.17) is 11.7 Å². The quantitative estimate of drug-likeness (QED) is 0.446. The van der Waals surface area contributed by atoms with E-state index in [1.54, 1.807) is 6.92 Å². The summed E-state index contributed by atoms with van der Waals surface area (Å²) in [5.41, 5.74) is 0. The van der Waals surface area contributed by atoms with Crippen LogP contribution in [0.15, 0.2) is 0 Å². The Kier molecular flexibility index (Phi) is 4.33. The van der Waals surface area contributed by atoms with E-state index in [1.165, 1.54) is 12.0 Å². The van der Waals surface area contributed by atoms with Gasteiger partial charge in [0.1, 0.15) is 6.54 Å². The number of nitrogens with zero attached hydrogens (tertiary/aromatic N) is 2. The van der Waals surface area contributed by atoms with Gasteiger partial charge in [-0.25, -0.2) is 4.79 Å². The van der Waals surface area contributed by atoms with Gasteiger partial charge in [-0.1, -0.05) is 5.92 Å². The van der Waals surface area contributed by atoms with Crippen LogP contribution in [-0.4, -0.2) is 30.7 Å². The van der Waals surface area contributed by atoms with Crippen LogP contribution < -0.4 is 0 Å². The highest BCUT2D eigenvalue weighted by molar-refractivity contribution is 5.68. The van der Waals surface area contributed by atoms with Gasteiger partial charge in [-0.05, 0) is 6.92 Å². The first-order valence-electron chi connectivity index (χ1n) is 3.35. The number of carbonyl (C=O) groups excluding carboxylic acids is 1. The van der Waals surface area contributed by atoms with Crippen LogP contribution in [0.25, 0.3) is 0 Å². The molecule has 1 amide bonds. The Morgan fingerprint density at radius 2 is 2.42 bits per heavy atom. The molecule has 1 unspecified atom stereocenters. The molecule has 4 nitrogen and oxygen atoms in total. The monoisotopic (exact) mass is 166 g/mol. The summed E-state index contributed by atoms with van der Waals surface area (Å²) in [4.78, 5) is 12.1. The minimum Gasteiger partial charge on any atom is -0.453 e. The first-order chi connectivity index (χ1) is 5.67. The Bertz CT molecular complexity index is 236. The Labute approximate surface area is 71.7 Å². The van der Waals surface area contributed by atoms with Crippen molar-refractivity contribution in [1.82, 2.24) is 4.90 Å². The molecule has 0 bridgehead atoms. The third-order valence-electron chi connectivity index (χ3n) is 1.36.